The predicted molar refractivity (Wildman–Crippen MR) is 78.4 cm³/mol. The normalized spacial score (nSPS) is 23.8. The molecule has 0 amide bonds. The Morgan fingerprint density at radius 1 is 1.21 bits per heavy atom. The minimum atomic E-state index is 0.229. The van der Waals surface area contributed by atoms with Crippen LogP contribution in [-0.2, 0) is 4.74 Å². The smallest absolute Gasteiger partial charge is 0.0726 e. The molecule has 1 aromatic carbocycles. The molecule has 1 aromatic heterocycles. The molecule has 1 aliphatic heterocycles. The first-order valence-corrected chi connectivity index (χ1v) is 6.69. The number of pyridine rings is 1. The van der Waals surface area contributed by atoms with Crippen LogP contribution in [0.1, 0.15) is 13.8 Å². The highest BCUT2D eigenvalue weighted by Gasteiger charge is 2.24. The Kier molecular flexibility index (Phi) is 3.03. The predicted octanol–water partition coefficient (Wildman–Crippen LogP) is 2.43. The van der Waals surface area contributed by atoms with Gasteiger partial charge in [0.1, 0.15) is 0 Å². The summed E-state index contributed by atoms with van der Waals surface area (Å²) in [5, 5.41) is 1.02. The van der Waals surface area contributed by atoms with Crippen LogP contribution >= 0.6 is 0 Å². The molecule has 1 aliphatic rings. The van der Waals surface area contributed by atoms with Crippen molar-refractivity contribution in [3.05, 3.63) is 30.5 Å². The number of ether oxygens (including phenoxy) is 1. The molecule has 0 saturated carbocycles. The molecular formula is C15H19N3O. The molecule has 2 atom stereocenters. The lowest BCUT2D eigenvalue weighted by Crippen LogP contribution is -2.45. The molecule has 2 unspecified atom stereocenters. The quantitative estimate of drug-likeness (QED) is 0.797. The van der Waals surface area contributed by atoms with Crippen LogP contribution in [0.15, 0.2) is 30.5 Å². The second kappa shape index (κ2) is 4.70. The monoisotopic (exact) mass is 257 g/mol. The highest BCUT2D eigenvalue weighted by atomic mass is 16.5. The van der Waals surface area contributed by atoms with Gasteiger partial charge in [-0.1, -0.05) is 0 Å². The lowest BCUT2D eigenvalue weighted by atomic mass is 10.1. The topological polar surface area (TPSA) is 51.4 Å². The Morgan fingerprint density at radius 2 is 1.95 bits per heavy atom. The van der Waals surface area contributed by atoms with Crippen molar-refractivity contribution in [1.29, 1.82) is 0 Å². The number of rotatable bonds is 1. The Balaban J connectivity index is 2.03. The number of nitrogens with two attached hydrogens (primary N) is 1. The van der Waals surface area contributed by atoms with E-state index in [-0.39, 0.29) is 12.2 Å². The molecule has 1 saturated heterocycles. The van der Waals surface area contributed by atoms with Crippen LogP contribution in [0.5, 0.6) is 0 Å². The van der Waals surface area contributed by atoms with E-state index in [1.54, 1.807) is 6.20 Å². The zero-order valence-electron chi connectivity index (χ0n) is 11.3. The van der Waals surface area contributed by atoms with Gasteiger partial charge in [-0.2, -0.15) is 0 Å². The summed E-state index contributed by atoms with van der Waals surface area (Å²) < 4.78 is 5.77. The second-order valence-electron chi connectivity index (χ2n) is 5.23. The van der Waals surface area contributed by atoms with E-state index in [1.807, 2.05) is 18.2 Å². The lowest BCUT2D eigenvalue weighted by molar-refractivity contribution is -0.00516. The van der Waals surface area contributed by atoms with Crippen molar-refractivity contribution < 1.29 is 4.74 Å². The average molecular weight is 257 g/mol. The van der Waals surface area contributed by atoms with Gasteiger partial charge < -0.3 is 15.4 Å². The van der Waals surface area contributed by atoms with Gasteiger partial charge >= 0.3 is 0 Å². The SMILES string of the molecule is CC1CN(c2ccc3ncccc3c2N)CC(C)O1. The first kappa shape index (κ1) is 12.2. The molecule has 4 heteroatoms. The highest BCUT2D eigenvalue weighted by Crippen LogP contribution is 2.32. The Labute approximate surface area is 113 Å². The van der Waals surface area contributed by atoms with Crippen LogP contribution in [0.2, 0.25) is 0 Å². The van der Waals surface area contributed by atoms with Crippen LogP contribution in [-0.4, -0.2) is 30.3 Å². The Morgan fingerprint density at radius 3 is 2.68 bits per heavy atom. The molecule has 2 aromatic rings. The van der Waals surface area contributed by atoms with Crippen LogP contribution in [0, 0.1) is 0 Å². The van der Waals surface area contributed by atoms with Crippen LogP contribution in [0.3, 0.4) is 0 Å². The number of nitrogens with zero attached hydrogens (tertiary/aromatic N) is 2. The maximum absolute atomic E-state index is 6.32. The summed E-state index contributed by atoms with van der Waals surface area (Å²) in [4.78, 5) is 6.64. The van der Waals surface area contributed by atoms with E-state index in [0.29, 0.717) is 0 Å². The summed E-state index contributed by atoms with van der Waals surface area (Å²) in [5.74, 6) is 0. The maximum atomic E-state index is 6.32. The fraction of sp³-hybridized carbons (Fsp3) is 0.400. The summed E-state index contributed by atoms with van der Waals surface area (Å²) in [6.07, 6.45) is 2.25. The van der Waals surface area contributed by atoms with Crippen LogP contribution in [0.4, 0.5) is 11.4 Å². The molecule has 0 spiro atoms. The zero-order chi connectivity index (χ0) is 13.4. The van der Waals surface area contributed by atoms with Gasteiger partial charge in [-0.15, -0.1) is 0 Å². The fourth-order valence-electron chi connectivity index (χ4n) is 2.81. The Hall–Kier alpha value is -1.81. The molecule has 0 aliphatic carbocycles. The van der Waals surface area contributed by atoms with E-state index in [9.17, 15) is 0 Å². The minimum absolute atomic E-state index is 0.229. The first-order chi connectivity index (χ1) is 9.15. The molecule has 0 bridgehead atoms. The zero-order valence-corrected chi connectivity index (χ0v) is 11.3. The van der Waals surface area contributed by atoms with E-state index < -0.39 is 0 Å². The van der Waals surface area contributed by atoms with Crippen LogP contribution < -0.4 is 10.6 Å². The van der Waals surface area contributed by atoms with Crippen molar-refractivity contribution >= 4 is 22.3 Å². The standard InChI is InChI=1S/C15H19N3O/c1-10-8-18(9-11(2)19-10)14-6-5-13-12(15(14)16)4-3-7-17-13/h3-7,10-11H,8-9,16H2,1-2H3. The van der Waals surface area contributed by atoms with Crippen molar-refractivity contribution in [2.45, 2.75) is 26.1 Å². The van der Waals surface area contributed by atoms with Gasteiger partial charge in [0, 0.05) is 24.7 Å². The number of aromatic nitrogens is 1. The molecule has 19 heavy (non-hydrogen) atoms. The van der Waals surface area contributed by atoms with Crippen molar-refractivity contribution in [2.75, 3.05) is 23.7 Å². The second-order valence-corrected chi connectivity index (χ2v) is 5.23. The third-order valence-electron chi connectivity index (χ3n) is 3.56. The van der Waals surface area contributed by atoms with E-state index in [0.717, 1.165) is 35.4 Å². The fourth-order valence-corrected chi connectivity index (χ4v) is 2.81. The molecular weight excluding hydrogens is 238 g/mol. The highest BCUT2D eigenvalue weighted by molar-refractivity contribution is 5.97. The summed E-state index contributed by atoms with van der Waals surface area (Å²) in [7, 11) is 0. The van der Waals surface area contributed by atoms with Gasteiger partial charge in [0.05, 0.1) is 29.1 Å². The summed E-state index contributed by atoms with van der Waals surface area (Å²) in [6, 6.07) is 8.04. The summed E-state index contributed by atoms with van der Waals surface area (Å²) >= 11 is 0. The molecule has 100 valence electrons. The van der Waals surface area contributed by atoms with Gasteiger partial charge in [0.15, 0.2) is 0 Å². The van der Waals surface area contributed by atoms with E-state index in [1.165, 1.54) is 0 Å². The third-order valence-corrected chi connectivity index (χ3v) is 3.56. The summed E-state index contributed by atoms with van der Waals surface area (Å²) in [5.41, 5.74) is 9.16. The van der Waals surface area contributed by atoms with E-state index >= 15 is 0 Å². The van der Waals surface area contributed by atoms with Gasteiger partial charge in [-0.05, 0) is 38.1 Å². The van der Waals surface area contributed by atoms with Gasteiger partial charge in [-0.3, -0.25) is 4.98 Å². The van der Waals surface area contributed by atoms with Gasteiger partial charge in [0.2, 0.25) is 0 Å². The molecule has 4 nitrogen and oxygen atoms in total. The van der Waals surface area contributed by atoms with E-state index in [4.69, 9.17) is 10.5 Å². The van der Waals surface area contributed by atoms with Crippen molar-refractivity contribution in [2.24, 2.45) is 0 Å². The number of benzene rings is 1. The van der Waals surface area contributed by atoms with Crippen LogP contribution in [0.25, 0.3) is 10.9 Å². The number of hydrogen-bond donors (Lipinski definition) is 1. The Bertz CT molecular complexity index is 589. The molecule has 2 heterocycles. The van der Waals surface area contributed by atoms with Gasteiger partial charge in [0.25, 0.3) is 0 Å². The summed E-state index contributed by atoms with van der Waals surface area (Å²) in [6.45, 7) is 5.95. The molecule has 1 fully saturated rings. The first-order valence-electron chi connectivity index (χ1n) is 6.69. The van der Waals surface area contributed by atoms with Gasteiger partial charge in [-0.25, -0.2) is 0 Å². The number of nitrogen functional groups attached to an aromatic ring is 1. The third kappa shape index (κ3) is 2.24. The lowest BCUT2D eigenvalue weighted by Gasteiger charge is -2.37. The maximum Gasteiger partial charge on any atom is 0.0726 e. The molecule has 2 N–H and O–H groups in total. The van der Waals surface area contributed by atoms with Crippen molar-refractivity contribution in [3.8, 4) is 0 Å². The van der Waals surface area contributed by atoms with E-state index in [2.05, 4.69) is 29.8 Å². The number of anilines is 2. The average Bonchev–Trinajstić information content (AvgIpc) is 2.38. The van der Waals surface area contributed by atoms with Crippen molar-refractivity contribution in [1.82, 2.24) is 4.98 Å². The largest absolute Gasteiger partial charge is 0.396 e. The number of hydrogen-bond acceptors (Lipinski definition) is 4. The minimum Gasteiger partial charge on any atom is -0.396 e. The van der Waals surface area contributed by atoms with Crippen molar-refractivity contribution in [3.63, 3.8) is 0 Å². The molecule has 0 radical (unpaired) electrons. The molecule has 3 rings (SSSR count). The number of fused-ring (bicyclic) bond motifs is 1. The number of morpholine rings is 1.